The third kappa shape index (κ3) is 34.0. The molecule has 0 radical (unpaired) electrons. The first-order chi connectivity index (χ1) is 22.8. The fourth-order valence-electron chi connectivity index (χ4n) is 5.11. The monoisotopic (exact) mass is 1020 g/mol. The summed E-state index contributed by atoms with van der Waals surface area (Å²) in [5.41, 5.74) is 0. The van der Waals surface area contributed by atoms with Gasteiger partial charge in [-0.2, -0.15) is 94.1 Å². The van der Waals surface area contributed by atoms with Crippen LogP contribution in [0.1, 0.15) is 41.5 Å². The van der Waals surface area contributed by atoms with Crippen molar-refractivity contribution < 1.29 is 116 Å². The van der Waals surface area contributed by atoms with Crippen molar-refractivity contribution in [1.82, 2.24) is 14.7 Å². The van der Waals surface area contributed by atoms with Crippen molar-refractivity contribution >= 4 is 32.3 Å². The van der Waals surface area contributed by atoms with E-state index in [4.69, 9.17) is 0 Å². The molecule has 6 aromatic rings. The van der Waals surface area contributed by atoms with E-state index in [1.54, 1.807) is 0 Å². The van der Waals surface area contributed by atoms with Crippen LogP contribution in [-0.2, 0) is 78.6 Å². The summed E-state index contributed by atoms with van der Waals surface area (Å²) in [6, 6.07) is 44.0. The average molecular weight is 1030 g/mol. The third-order valence-corrected chi connectivity index (χ3v) is 6.54. The van der Waals surface area contributed by atoms with Crippen LogP contribution in [0.25, 0.3) is 32.3 Å². The molecule has 0 spiro atoms. The van der Waals surface area contributed by atoms with Gasteiger partial charge in [-0.25, -0.2) is 0 Å². The summed E-state index contributed by atoms with van der Waals surface area (Å²) < 4.78 is 0. The Morgan fingerprint density at radius 1 is 0.370 bits per heavy atom. The van der Waals surface area contributed by atoms with E-state index in [1.165, 1.54) is 50.1 Å². The normalized spacial score (nSPS) is 9.44. The molecule has 0 atom stereocenters. The molecule has 6 rings (SSSR count). The number of hydrogen-bond acceptors (Lipinski definition) is 3. The average Bonchev–Trinajstić information content (AvgIpc) is 3.77. The predicted octanol–water partition coefficient (Wildman–Crippen LogP) is 2.17. The van der Waals surface area contributed by atoms with Crippen molar-refractivity contribution in [2.75, 3.05) is 61.9 Å². The van der Waals surface area contributed by atoms with E-state index in [0.29, 0.717) is 0 Å². The Balaban J connectivity index is -0.000000126. The molecule has 6 aromatic carbocycles. The van der Waals surface area contributed by atoms with Crippen LogP contribution >= 0.6 is 0 Å². The minimum atomic E-state index is 0. The second kappa shape index (κ2) is 39.7. The molecule has 294 valence electrons. The van der Waals surface area contributed by atoms with Crippen molar-refractivity contribution in [3.63, 3.8) is 0 Å². The van der Waals surface area contributed by atoms with Crippen LogP contribution in [0, 0.1) is 17.8 Å². The molecule has 0 saturated heterocycles. The molecule has 54 heavy (non-hydrogen) atoms. The van der Waals surface area contributed by atoms with Gasteiger partial charge in [0.1, 0.15) is 0 Å². The minimum absolute atomic E-state index is 0. The van der Waals surface area contributed by atoms with Gasteiger partial charge in [-0.05, 0) is 42.3 Å². The van der Waals surface area contributed by atoms with E-state index in [-0.39, 0.29) is 116 Å². The van der Waals surface area contributed by atoms with Crippen LogP contribution in [0.5, 0.6) is 0 Å². The molecular formula is C45H63Cl3N3Zr3-3. The Morgan fingerprint density at radius 3 is 0.722 bits per heavy atom. The van der Waals surface area contributed by atoms with Crippen LogP contribution in [0.3, 0.4) is 0 Å². The molecule has 0 aliphatic heterocycles. The summed E-state index contributed by atoms with van der Waals surface area (Å²) in [4.78, 5) is 6.49. The number of hydrogen-bond donors (Lipinski definition) is 0. The summed E-state index contributed by atoms with van der Waals surface area (Å²) in [6.45, 7) is 16.2. The molecular weight excluding hydrogens is 963 g/mol. The molecule has 0 heterocycles. The number of benzene rings is 3. The maximum atomic E-state index is 2.16. The molecule has 0 amide bonds. The Kier molecular flexibility index (Phi) is 48.3. The van der Waals surface area contributed by atoms with E-state index in [0.717, 1.165) is 19.6 Å². The fourth-order valence-corrected chi connectivity index (χ4v) is 5.11. The van der Waals surface area contributed by atoms with Gasteiger partial charge < -0.3 is 69.7 Å². The minimum Gasteiger partial charge on any atom is -1.00 e. The molecule has 0 bridgehead atoms. The van der Waals surface area contributed by atoms with Gasteiger partial charge in [-0.3, -0.25) is 0 Å². The zero-order chi connectivity index (χ0) is 35.9. The molecule has 3 nitrogen and oxygen atoms in total. The van der Waals surface area contributed by atoms with Crippen LogP contribution in [0.2, 0.25) is 0 Å². The molecule has 0 unspecified atom stereocenters. The molecule has 9 heteroatoms. The summed E-state index contributed by atoms with van der Waals surface area (Å²) in [7, 11) is 12.5. The van der Waals surface area contributed by atoms with Gasteiger partial charge in [-0.1, -0.05) is 18.2 Å². The number of nitrogens with zero attached hydrogens (tertiary/aromatic N) is 3. The van der Waals surface area contributed by atoms with Crippen LogP contribution < -0.4 is 37.2 Å². The van der Waals surface area contributed by atoms with Crippen LogP contribution in [-0.4, -0.2) is 76.6 Å². The van der Waals surface area contributed by atoms with Crippen molar-refractivity contribution in [2.45, 2.75) is 41.5 Å². The first-order valence-electron chi connectivity index (χ1n) is 16.9. The fraction of sp³-hybridized carbons (Fsp3) is 0.333. The molecule has 0 N–H and O–H groups in total. The zero-order valence-electron chi connectivity index (χ0n) is 34.7. The van der Waals surface area contributed by atoms with Crippen molar-refractivity contribution in [1.29, 1.82) is 0 Å². The van der Waals surface area contributed by atoms with Gasteiger partial charge in [0.25, 0.3) is 0 Å². The molecule has 0 aromatic heterocycles. The Bertz CT molecular complexity index is 1310. The van der Waals surface area contributed by atoms with Gasteiger partial charge in [0.2, 0.25) is 0 Å². The molecule has 0 aliphatic carbocycles. The number of rotatable bonds is 6. The topological polar surface area (TPSA) is 9.72 Å². The van der Waals surface area contributed by atoms with Crippen LogP contribution in [0.4, 0.5) is 0 Å². The van der Waals surface area contributed by atoms with E-state index in [2.05, 4.69) is 226 Å². The number of fused-ring (bicyclic) bond motifs is 3. The maximum Gasteiger partial charge on any atom is 2.00 e. The first kappa shape index (κ1) is 65.7. The third-order valence-electron chi connectivity index (χ3n) is 6.54. The van der Waals surface area contributed by atoms with Gasteiger partial charge in [-0.15, -0.1) is 109 Å². The SMILES string of the molecule is C[C-](C)CN(C)C.C[C-](C)CN(C)C.C[C-](C)CN(C)C.[Cl-].[Cl-].[Cl-].[Zr+2].[Zr+2].[Zr+2].c1ccc2[cH-]ccc2c1.c1ccc2[cH-]ccc2c1.c1ccc2[cH-]ccc2c1. The van der Waals surface area contributed by atoms with E-state index >= 15 is 0 Å². The zero-order valence-corrected chi connectivity index (χ0v) is 44.4. The quantitative estimate of drug-likeness (QED) is 0.238. The maximum absolute atomic E-state index is 2.16. The Labute approximate surface area is 407 Å². The summed E-state index contributed by atoms with van der Waals surface area (Å²) in [6.07, 6.45) is 0. The van der Waals surface area contributed by atoms with Gasteiger partial charge >= 0.3 is 78.6 Å². The van der Waals surface area contributed by atoms with Gasteiger partial charge in [0, 0.05) is 0 Å². The predicted molar refractivity (Wildman–Crippen MR) is 218 cm³/mol. The smallest absolute Gasteiger partial charge is 1.00 e. The first-order valence-corrected chi connectivity index (χ1v) is 16.9. The standard InChI is InChI=1S/3C9H7.3C6H14N.3ClH.3Zr/c3*1-2-5-9-7-3-6-8(9)4-1;3*1-6(2)5-7(3)4;;;;;;/h3*1-7H;3*5H2,1-4H3;3*1H;;;/q6*-1;;;;3*+2/p-3. The second-order valence-corrected chi connectivity index (χ2v) is 13.8. The van der Waals surface area contributed by atoms with E-state index in [1.807, 2.05) is 0 Å². The molecule has 0 saturated carbocycles. The van der Waals surface area contributed by atoms with Gasteiger partial charge in [0.15, 0.2) is 0 Å². The second-order valence-electron chi connectivity index (χ2n) is 13.8. The number of halogens is 3. The largest absolute Gasteiger partial charge is 2.00 e. The van der Waals surface area contributed by atoms with Crippen LogP contribution in [0.15, 0.2) is 127 Å². The van der Waals surface area contributed by atoms with Crippen molar-refractivity contribution in [3.8, 4) is 0 Å². The Morgan fingerprint density at radius 2 is 0.574 bits per heavy atom. The van der Waals surface area contributed by atoms with E-state index < -0.39 is 0 Å². The van der Waals surface area contributed by atoms with Crippen molar-refractivity contribution in [2.24, 2.45) is 0 Å². The molecule has 0 fully saturated rings. The van der Waals surface area contributed by atoms with Gasteiger partial charge in [0.05, 0.1) is 0 Å². The summed E-state index contributed by atoms with van der Waals surface area (Å²) in [5, 5.41) is 7.99. The van der Waals surface area contributed by atoms with E-state index in [9.17, 15) is 0 Å². The summed E-state index contributed by atoms with van der Waals surface area (Å²) in [5.74, 6) is 4.39. The summed E-state index contributed by atoms with van der Waals surface area (Å²) >= 11 is 0. The Hall–Kier alpha value is -0.111. The molecule has 0 aliphatic rings. The van der Waals surface area contributed by atoms with Crippen molar-refractivity contribution in [3.05, 3.63) is 145 Å².